The third-order valence-corrected chi connectivity index (χ3v) is 4.01. The lowest BCUT2D eigenvalue weighted by molar-refractivity contribution is 0.0647. The van der Waals surface area contributed by atoms with E-state index < -0.39 is 0 Å². The van der Waals surface area contributed by atoms with Crippen molar-refractivity contribution in [3.05, 3.63) is 83.6 Å². The van der Waals surface area contributed by atoms with Gasteiger partial charge in [0, 0.05) is 12.6 Å². The van der Waals surface area contributed by atoms with E-state index in [9.17, 15) is 4.79 Å². The van der Waals surface area contributed by atoms with Crippen LogP contribution in [0.4, 0.5) is 0 Å². The zero-order chi connectivity index (χ0) is 18.4. The van der Waals surface area contributed by atoms with Gasteiger partial charge in [-0.05, 0) is 30.1 Å². The van der Waals surface area contributed by atoms with Gasteiger partial charge in [0.25, 0.3) is 11.8 Å². The predicted molar refractivity (Wildman–Crippen MR) is 98.7 cm³/mol. The molecular weight excluding hydrogens is 328 g/mol. The second-order valence-electron chi connectivity index (χ2n) is 6.32. The average Bonchev–Trinajstić information content (AvgIpc) is 3.14. The topological polar surface area (TPSA) is 55.6 Å². The number of nitrogens with zero attached hydrogens (tertiary/aromatic N) is 2. The second-order valence-corrected chi connectivity index (χ2v) is 6.32. The van der Waals surface area contributed by atoms with Crippen molar-refractivity contribution >= 4 is 5.91 Å². The van der Waals surface area contributed by atoms with Crippen LogP contribution in [0.3, 0.4) is 0 Å². The van der Waals surface area contributed by atoms with Crippen molar-refractivity contribution in [2.75, 3.05) is 0 Å². The summed E-state index contributed by atoms with van der Waals surface area (Å²) in [6.45, 7) is 4.84. The van der Waals surface area contributed by atoms with Crippen molar-refractivity contribution in [2.24, 2.45) is 0 Å². The first kappa shape index (κ1) is 17.7. The molecule has 1 amide bonds. The maximum Gasteiger partial charge on any atom is 0.293 e. The molecule has 5 heteroatoms. The van der Waals surface area contributed by atoms with Crippen LogP contribution in [-0.2, 0) is 13.2 Å². The Labute approximate surface area is 153 Å². The summed E-state index contributed by atoms with van der Waals surface area (Å²) in [6, 6.07) is 21.2. The van der Waals surface area contributed by atoms with Crippen molar-refractivity contribution in [1.29, 1.82) is 0 Å². The van der Waals surface area contributed by atoms with Gasteiger partial charge in [-0.15, -0.1) is 0 Å². The lowest BCUT2D eigenvalue weighted by Crippen LogP contribution is -2.36. The third kappa shape index (κ3) is 4.51. The lowest BCUT2D eigenvalue weighted by Gasteiger charge is -2.25. The molecule has 0 N–H and O–H groups in total. The molecule has 26 heavy (non-hydrogen) atoms. The fourth-order valence-corrected chi connectivity index (χ4v) is 2.57. The number of hydrogen-bond donors (Lipinski definition) is 0. The molecule has 3 rings (SSSR count). The summed E-state index contributed by atoms with van der Waals surface area (Å²) >= 11 is 0. The molecule has 0 aliphatic heterocycles. The van der Waals surface area contributed by atoms with Crippen molar-refractivity contribution in [3.63, 3.8) is 0 Å². The van der Waals surface area contributed by atoms with E-state index in [1.54, 1.807) is 11.0 Å². The van der Waals surface area contributed by atoms with Crippen LogP contribution in [0.25, 0.3) is 0 Å². The quantitative estimate of drug-likeness (QED) is 0.637. The highest BCUT2D eigenvalue weighted by Gasteiger charge is 2.23. The number of hydrogen-bond acceptors (Lipinski definition) is 4. The Morgan fingerprint density at radius 3 is 2.27 bits per heavy atom. The second kappa shape index (κ2) is 8.34. The van der Waals surface area contributed by atoms with Crippen LogP contribution in [-0.4, -0.2) is 22.0 Å². The predicted octanol–water partition coefficient (Wildman–Crippen LogP) is 4.30. The smallest absolute Gasteiger partial charge is 0.293 e. The van der Waals surface area contributed by atoms with Gasteiger partial charge in [-0.3, -0.25) is 4.79 Å². The van der Waals surface area contributed by atoms with Crippen molar-refractivity contribution in [2.45, 2.75) is 33.0 Å². The first-order valence-electron chi connectivity index (χ1n) is 8.62. The van der Waals surface area contributed by atoms with Gasteiger partial charge in [0.05, 0.1) is 6.07 Å². The first-order chi connectivity index (χ1) is 12.6. The van der Waals surface area contributed by atoms with Gasteiger partial charge in [0.1, 0.15) is 6.61 Å². The van der Waals surface area contributed by atoms with E-state index in [0.29, 0.717) is 19.0 Å². The molecule has 0 fully saturated rings. The number of carbonyl (C=O) groups excluding carboxylic acids is 1. The SMILES string of the molecule is CC(C)N(Cc1ccccc1)C(=O)c1cc(OCc2ccccc2)no1. The Bertz CT molecular complexity index is 829. The van der Waals surface area contributed by atoms with Crippen LogP contribution in [0.5, 0.6) is 5.88 Å². The molecule has 0 aliphatic rings. The molecule has 1 aromatic heterocycles. The van der Waals surface area contributed by atoms with Gasteiger partial charge in [0.2, 0.25) is 5.76 Å². The summed E-state index contributed by atoms with van der Waals surface area (Å²) in [7, 11) is 0. The number of amides is 1. The Morgan fingerprint density at radius 1 is 1.04 bits per heavy atom. The fourth-order valence-electron chi connectivity index (χ4n) is 2.57. The standard InChI is InChI=1S/C21H22N2O3/c1-16(2)23(14-17-9-5-3-6-10-17)21(24)19-13-20(22-26-19)25-15-18-11-7-4-8-12-18/h3-13,16H,14-15H2,1-2H3. The lowest BCUT2D eigenvalue weighted by atomic mass is 10.2. The minimum atomic E-state index is -0.203. The fraction of sp³-hybridized carbons (Fsp3) is 0.238. The molecule has 0 aliphatic carbocycles. The van der Waals surface area contributed by atoms with Gasteiger partial charge in [-0.25, -0.2) is 0 Å². The van der Waals surface area contributed by atoms with Gasteiger partial charge in [-0.1, -0.05) is 60.7 Å². The number of rotatable bonds is 7. The Hall–Kier alpha value is -3.08. The molecule has 1 heterocycles. The van der Waals surface area contributed by atoms with Crippen LogP contribution in [0.15, 0.2) is 71.3 Å². The van der Waals surface area contributed by atoms with Crippen molar-refractivity contribution in [1.82, 2.24) is 10.1 Å². The summed E-state index contributed by atoms with van der Waals surface area (Å²) in [6.07, 6.45) is 0. The Kier molecular flexibility index (Phi) is 5.69. The summed E-state index contributed by atoms with van der Waals surface area (Å²) < 4.78 is 10.8. The van der Waals surface area contributed by atoms with E-state index in [1.807, 2.05) is 74.5 Å². The maximum atomic E-state index is 12.8. The summed E-state index contributed by atoms with van der Waals surface area (Å²) in [5, 5.41) is 3.86. The monoisotopic (exact) mass is 350 g/mol. The molecule has 3 aromatic rings. The summed E-state index contributed by atoms with van der Waals surface area (Å²) in [5.74, 6) is 0.282. The normalized spacial score (nSPS) is 10.7. The van der Waals surface area contributed by atoms with E-state index in [2.05, 4.69) is 5.16 Å². The number of ether oxygens (including phenoxy) is 1. The average molecular weight is 350 g/mol. The minimum absolute atomic E-state index is 0.0292. The summed E-state index contributed by atoms with van der Waals surface area (Å²) in [4.78, 5) is 14.6. The molecule has 5 nitrogen and oxygen atoms in total. The Balaban J connectivity index is 1.67. The van der Waals surface area contributed by atoms with E-state index in [1.165, 1.54) is 0 Å². The minimum Gasteiger partial charge on any atom is -0.471 e. The van der Waals surface area contributed by atoms with E-state index in [0.717, 1.165) is 11.1 Å². The van der Waals surface area contributed by atoms with Gasteiger partial charge >= 0.3 is 0 Å². The molecular formula is C21H22N2O3. The molecule has 134 valence electrons. The first-order valence-corrected chi connectivity index (χ1v) is 8.62. The molecule has 0 atom stereocenters. The number of benzene rings is 2. The number of carbonyl (C=O) groups is 1. The molecule has 0 saturated carbocycles. The molecule has 0 unspecified atom stereocenters. The van der Waals surface area contributed by atoms with Crippen LogP contribution in [0, 0.1) is 0 Å². The number of aromatic nitrogens is 1. The van der Waals surface area contributed by atoms with Crippen molar-refractivity contribution in [3.8, 4) is 5.88 Å². The summed E-state index contributed by atoms with van der Waals surface area (Å²) in [5.41, 5.74) is 2.09. The molecule has 0 bridgehead atoms. The largest absolute Gasteiger partial charge is 0.471 e. The van der Waals surface area contributed by atoms with E-state index in [-0.39, 0.29) is 17.7 Å². The molecule has 0 spiro atoms. The van der Waals surface area contributed by atoms with Crippen LogP contribution in [0.1, 0.15) is 35.5 Å². The Morgan fingerprint density at radius 2 is 1.65 bits per heavy atom. The van der Waals surface area contributed by atoms with Gasteiger partial charge in [-0.2, -0.15) is 0 Å². The van der Waals surface area contributed by atoms with Crippen LogP contribution in [0.2, 0.25) is 0 Å². The molecule has 0 radical (unpaired) electrons. The zero-order valence-corrected chi connectivity index (χ0v) is 15.0. The zero-order valence-electron chi connectivity index (χ0n) is 15.0. The van der Waals surface area contributed by atoms with Crippen LogP contribution >= 0.6 is 0 Å². The van der Waals surface area contributed by atoms with Crippen LogP contribution < -0.4 is 4.74 Å². The van der Waals surface area contributed by atoms with Crippen molar-refractivity contribution < 1.29 is 14.1 Å². The van der Waals surface area contributed by atoms with Gasteiger partial charge < -0.3 is 14.2 Å². The van der Waals surface area contributed by atoms with E-state index in [4.69, 9.17) is 9.26 Å². The van der Waals surface area contributed by atoms with E-state index >= 15 is 0 Å². The molecule has 2 aromatic carbocycles. The third-order valence-electron chi connectivity index (χ3n) is 4.01. The highest BCUT2D eigenvalue weighted by Crippen LogP contribution is 2.18. The highest BCUT2D eigenvalue weighted by molar-refractivity contribution is 5.91. The van der Waals surface area contributed by atoms with Gasteiger partial charge in [0.15, 0.2) is 0 Å². The molecule has 0 saturated heterocycles. The highest BCUT2D eigenvalue weighted by atomic mass is 16.5. The maximum absolute atomic E-state index is 12.8.